The van der Waals surface area contributed by atoms with E-state index in [2.05, 4.69) is 15.4 Å². The molecule has 0 saturated carbocycles. The van der Waals surface area contributed by atoms with Crippen LogP contribution in [0.2, 0.25) is 4.34 Å². The van der Waals surface area contributed by atoms with Crippen molar-refractivity contribution in [1.82, 2.24) is 14.8 Å². The highest BCUT2D eigenvalue weighted by Gasteiger charge is 2.46. The van der Waals surface area contributed by atoms with Gasteiger partial charge in [0.1, 0.15) is 23.8 Å². The summed E-state index contributed by atoms with van der Waals surface area (Å²) in [6, 6.07) is 7.20. The predicted molar refractivity (Wildman–Crippen MR) is 96.6 cm³/mol. The molecular formula is C17H10ClF3N4O2S. The molecular weight excluding hydrogens is 417 g/mol. The van der Waals surface area contributed by atoms with Crippen LogP contribution in [0, 0.1) is 0 Å². The van der Waals surface area contributed by atoms with Crippen LogP contribution in [0.25, 0.3) is 0 Å². The molecule has 28 heavy (non-hydrogen) atoms. The van der Waals surface area contributed by atoms with E-state index < -0.39 is 29.3 Å². The SMILES string of the molecule is O=C(C1=C(C(F)(F)F)Nc2ncnn2C1c1cccc(O)c1)c1ccc(Cl)s1. The molecule has 3 heterocycles. The quantitative estimate of drug-likeness (QED) is 0.606. The average molecular weight is 427 g/mol. The fraction of sp³-hybridized carbons (Fsp3) is 0.118. The number of carbonyl (C=O) groups excluding carboxylic acids is 1. The van der Waals surface area contributed by atoms with Gasteiger partial charge in [-0.05, 0) is 29.8 Å². The summed E-state index contributed by atoms with van der Waals surface area (Å²) < 4.78 is 43.0. The minimum absolute atomic E-state index is 0.0530. The number of anilines is 1. The van der Waals surface area contributed by atoms with Crippen molar-refractivity contribution in [3.05, 3.63) is 68.8 Å². The molecule has 0 bridgehead atoms. The number of Topliss-reactive ketones (excluding diaryl/α,β-unsaturated/α-hetero) is 1. The molecule has 0 aliphatic carbocycles. The first kappa shape index (κ1) is 18.5. The third kappa shape index (κ3) is 3.14. The summed E-state index contributed by atoms with van der Waals surface area (Å²) in [7, 11) is 0. The van der Waals surface area contributed by atoms with Gasteiger partial charge < -0.3 is 10.4 Å². The van der Waals surface area contributed by atoms with Crippen molar-refractivity contribution in [2.24, 2.45) is 0 Å². The van der Waals surface area contributed by atoms with Gasteiger partial charge in [0.2, 0.25) is 11.7 Å². The zero-order valence-electron chi connectivity index (χ0n) is 13.7. The van der Waals surface area contributed by atoms with Crippen LogP contribution < -0.4 is 5.32 Å². The Morgan fingerprint density at radius 1 is 1.29 bits per heavy atom. The first-order valence-electron chi connectivity index (χ1n) is 7.82. The first-order chi connectivity index (χ1) is 13.3. The van der Waals surface area contributed by atoms with Crippen molar-refractivity contribution in [3.8, 4) is 5.75 Å². The van der Waals surface area contributed by atoms with Gasteiger partial charge in [0, 0.05) is 0 Å². The number of alkyl halides is 3. The van der Waals surface area contributed by atoms with Gasteiger partial charge in [0.25, 0.3) is 0 Å². The molecule has 3 aromatic rings. The molecule has 0 fully saturated rings. The third-order valence-electron chi connectivity index (χ3n) is 4.11. The largest absolute Gasteiger partial charge is 0.508 e. The van der Waals surface area contributed by atoms with E-state index in [-0.39, 0.29) is 26.5 Å². The average Bonchev–Trinajstić information content (AvgIpc) is 3.27. The predicted octanol–water partition coefficient (Wildman–Crippen LogP) is 4.41. The summed E-state index contributed by atoms with van der Waals surface area (Å²) in [5.41, 5.74) is -1.54. The Kier molecular flexibility index (Phi) is 4.39. The van der Waals surface area contributed by atoms with Gasteiger partial charge in [0.05, 0.1) is 14.8 Å². The van der Waals surface area contributed by atoms with Crippen LogP contribution in [-0.2, 0) is 0 Å². The Morgan fingerprint density at radius 3 is 2.71 bits per heavy atom. The fourth-order valence-electron chi connectivity index (χ4n) is 3.00. The minimum atomic E-state index is -4.85. The number of hydrogen-bond donors (Lipinski definition) is 2. The molecule has 2 aromatic heterocycles. The number of hydrogen-bond acceptors (Lipinski definition) is 6. The fourth-order valence-corrected chi connectivity index (χ4v) is 4.00. The molecule has 11 heteroatoms. The lowest BCUT2D eigenvalue weighted by atomic mass is 9.91. The van der Waals surface area contributed by atoms with Crippen molar-refractivity contribution in [3.63, 3.8) is 0 Å². The van der Waals surface area contributed by atoms with Gasteiger partial charge in [-0.3, -0.25) is 4.79 Å². The molecule has 4 rings (SSSR count). The van der Waals surface area contributed by atoms with Crippen molar-refractivity contribution >= 4 is 34.7 Å². The van der Waals surface area contributed by atoms with Gasteiger partial charge in [-0.1, -0.05) is 23.7 Å². The lowest BCUT2D eigenvalue weighted by Gasteiger charge is -2.30. The molecule has 0 radical (unpaired) electrons. The zero-order chi connectivity index (χ0) is 20.1. The number of nitrogens with zero attached hydrogens (tertiary/aromatic N) is 3. The molecule has 0 amide bonds. The summed E-state index contributed by atoms with van der Waals surface area (Å²) in [5, 5.41) is 16.0. The summed E-state index contributed by atoms with van der Waals surface area (Å²) in [5.74, 6) is -1.16. The smallest absolute Gasteiger partial charge is 0.431 e. The summed E-state index contributed by atoms with van der Waals surface area (Å²) in [6.45, 7) is 0. The van der Waals surface area contributed by atoms with Crippen LogP contribution in [-0.4, -0.2) is 31.8 Å². The van der Waals surface area contributed by atoms with E-state index in [1.807, 2.05) is 0 Å². The van der Waals surface area contributed by atoms with E-state index >= 15 is 0 Å². The molecule has 0 spiro atoms. The number of thiophene rings is 1. The molecule has 6 nitrogen and oxygen atoms in total. The van der Waals surface area contributed by atoms with E-state index in [0.29, 0.717) is 0 Å². The molecule has 1 unspecified atom stereocenters. The number of phenols is 1. The molecule has 1 aliphatic rings. The van der Waals surface area contributed by atoms with Gasteiger partial charge in [0.15, 0.2) is 0 Å². The van der Waals surface area contributed by atoms with Gasteiger partial charge in [-0.2, -0.15) is 23.3 Å². The standard InChI is InChI=1S/C17H10ClF3N4O2S/c18-11-5-4-10(28-11)14(27)12-13(8-2-1-3-9(26)6-8)25-16(22-7-23-25)24-15(12)17(19,20)21/h1-7,13,26H,(H,22,23,24). The van der Waals surface area contributed by atoms with E-state index in [1.54, 1.807) is 0 Å². The Hall–Kier alpha value is -2.85. The van der Waals surface area contributed by atoms with Crippen molar-refractivity contribution in [2.75, 3.05) is 5.32 Å². The topological polar surface area (TPSA) is 80.0 Å². The number of nitrogens with one attached hydrogen (secondary N) is 1. The number of allylic oxidation sites excluding steroid dienone is 2. The van der Waals surface area contributed by atoms with Crippen LogP contribution in [0.3, 0.4) is 0 Å². The number of fused-ring (bicyclic) bond motifs is 1. The Labute approximate surface area is 164 Å². The van der Waals surface area contributed by atoms with Crippen molar-refractivity contribution in [1.29, 1.82) is 0 Å². The maximum Gasteiger partial charge on any atom is 0.431 e. The van der Waals surface area contributed by atoms with Gasteiger partial charge in [-0.15, -0.1) is 11.3 Å². The highest BCUT2D eigenvalue weighted by atomic mass is 35.5. The summed E-state index contributed by atoms with van der Waals surface area (Å²) in [4.78, 5) is 17.0. The van der Waals surface area contributed by atoms with Crippen LogP contribution in [0.15, 0.2) is 54.0 Å². The molecule has 0 saturated heterocycles. The molecule has 1 aliphatic heterocycles. The molecule has 144 valence electrons. The minimum Gasteiger partial charge on any atom is -0.508 e. The van der Waals surface area contributed by atoms with Crippen LogP contribution in [0.5, 0.6) is 5.75 Å². The second-order valence-electron chi connectivity index (χ2n) is 5.87. The third-order valence-corrected chi connectivity index (χ3v) is 5.34. The highest BCUT2D eigenvalue weighted by Crippen LogP contribution is 2.43. The summed E-state index contributed by atoms with van der Waals surface area (Å²) >= 11 is 6.74. The highest BCUT2D eigenvalue weighted by molar-refractivity contribution is 7.18. The second kappa shape index (κ2) is 6.64. The number of phenolic OH excluding ortho intramolecular Hbond substituents is 1. The summed E-state index contributed by atoms with van der Waals surface area (Å²) in [6.07, 6.45) is -3.76. The van der Waals surface area contributed by atoms with Crippen molar-refractivity contribution in [2.45, 2.75) is 12.2 Å². The number of benzene rings is 1. The lowest BCUT2D eigenvalue weighted by molar-refractivity contribution is -0.0918. The Bertz CT molecular complexity index is 1110. The van der Waals surface area contributed by atoms with Gasteiger partial charge >= 0.3 is 6.18 Å². The number of rotatable bonds is 3. The Morgan fingerprint density at radius 2 is 2.07 bits per heavy atom. The van der Waals surface area contributed by atoms with E-state index in [4.69, 9.17) is 11.6 Å². The maximum absolute atomic E-state index is 13.8. The van der Waals surface area contributed by atoms with E-state index in [1.165, 1.54) is 41.1 Å². The van der Waals surface area contributed by atoms with Crippen LogP contribution in [0.1, 0.15) is 21.3 Å². The second-order valence-corrected chi connectivity index (χ2v) is 7.59. The van der Waals surface area contributed by atoms with Crippen molar-refractivity contribution < 1.29 is 23.1 Å². The number of ketones is 1. The zero-order valence-corrected chi connectivity index (χ0v) is 15.3. The monoisotopic (exact) mass is 426 g/mol. The van der Waals surface area contributed by atoms with E-state index in [0.717, 1.165) is 17.7 Å². The number of halogens is 4. The number of aromatic nitrogens is 3. The normalized spacial score (nSPS) is 16.6. The molecule has 1 atom stereocenters. The van der Waals surface area contributed by atoms with Crippen LogP contribution >= 0.6 is 22.9 Å². The van der Waals surface area contributed by atoms with Crippen LogP contribution in [0.4, 0.5) is 19.1 Å². The molecule has 2 N–H and O–H groups in total. The number of aromatic hydroxyl groups is 1. The number of carbonyl (C=O) groups is 1. The first-order valence-corrected chi connectivity index (χ1v) is 9.02. The maximum atomic E-state index is 13.8. The Balaban J connectivity index is 1.98. The lowest BCUT2D eigenvalue weighted by Crippen LogP contribution is -2.35. The van der Waals surface area contributed by atoms with Gasteiger partial charge in [-0.25, -0.2) is 4.68 Å². The van der Waals surface area contributed by atoms with E-state index in [9.17, 15) is 23.1 Å². The molecule has 1 aromatic carbocycles.